The summed E-state index contributed by atoms with van der Waals surface area (Å²) in [6, 6.07) is 4.62. The third-order valence-corrected chi connectivity index (χ3v) is 1.94. The van der Waals surface area contributed by atoms with E-state index >= 15 is 0 Å². The van der Waals surface area contributed by atoms with Gasteiger partial charge in [0.15, 0.2) is 0 Å². The van der Waals surface area contributed by atoms with Crippen LogP contribution in [0.2, 0.25) is 0 Å². The number of pyridine rings is 1. The number of hydrogen-bond acceptors (Lipinski definition) is 3. The molecule has 2 rings (SSSR count). The molecule has 72 valence electrons. The second-order valence-electron chi connectivity index (χ2n) is 2.95. The number of aryl methyl sites for hydroxylation is 1. The van der Waals surface area contributed by atoms with E-state index in [1.807, 2.05) is 0 Å². The standard InChI is InChI=1S/C9H9FN4/c1-14-9(11)4-7(13-14)6-2-3-8(10)12-5-6/h2-5H,11H2,1H3. The molecule has 0 bridgehead atoms. The molecule has 0 fully saturated rings. The van der Waals surface area contributed by atoms with E-state index in [0.717, 1.165) is 5.56 Å². The quantitative estimate of drug-likeness (QED) is 0.691. The van der Waals surface area contributed by atoms with Gasteiger partial charge in [0, 0.05) is 24.9 Å². The molecule has 0 atom stereocenters. The fraction of sp³-hybridized carbons (Fsp3) is 0.111. The molecule has 2 heterocycles. The number of halogens is 1. The van der Waals surface area contributed by atoms with Gasteiger partial charge in [-0.2, -0.15) is 9.49 Å². The van der Waals surface area contributed by atoms with Crippen LogP contribution in [0, 0.1) is 5.95 Å². The summed E-state index contributed by atoms with van der Waals surface area (Å²) in [6.45, 7) is 0. The normalized spacial score (nSPS) is 10.4. The predicted octanol–water partition coefficient (Wildman–Crippen LogP) is 1.20. The van der Waals surface area contributed by atoms with Crippen molar-refractivity contribution in [2.24, 2.45) is 7.05 Å². The van der Waals surface area contributed by atoms with Crippen LogP contribution in [0.3, 0.4) is 0 Å². The van der Waals surface area contributed by atoms with Gasteiger partial charge in [0.1, 0.15) is 5.82 Å². The lowest BCUT2D eigenvalue weighted by molar-refractivity contribution is 0.584. The van der Waals surface area contributed by atoms with Crippen LogP contribution in [0.1, 0.15) is 0 Å². The van der Waals surface area contributed by atoms with Gasteiger partial charge in [0.2, 0.25) is 5.95 Å². The first-order valence-electron chi connectivity index (χ1n) is 4.08. The molecule has 0 saturated heterocycles. The summed E-state index contributed by atoms with van der Waals surface area (Å²) in [6.07, 6.45) is 1.43. The molecule has 0 aromatic carbocycles. The van der Waals surface area contributed by atoms with Crippen LogP contribution < -0.4 is 5.73 Å². The average molecular weight is 192 g/mol. The first-order chi connectivity index (χ1) is 6.66. The van der Waals surface area contributed by atoms with Gasteiger partial charge in [0.05, 0.1) is 5.69 Å². The lowest BCUT2D eigenvalue weighted by Gasteiger charge is -1.94. The van der Waals surface area contributed by atoms with Gasteiger partial charge >= 0.3 is 0 Å². The first kappa shape index (κ1) is 8.68. The topological polar surface area (TPSA) is 56.7 Å². The van der Waals surface area contributed by atoms with Gasteiger partial charge in [-0.1, -0.05) is 0 Å². The number of rotatable bonds is 1. The number of nitrogens with two attached hydrogens (primary N) is 1. The highest BCUT2D eigenvalue weighted by Gasteiger charge is 2.04. The van der Waals surface area contributed by atoms with Gasteiger partial charge in [-0.15, -0.1) is 0 Å². The zero-order valence-corrected chi connectivity index (χ0v) is 7.61. The van der Waals surface area contributed by atoms with Crippen molar-refractivity contribution in [1.82, 2.24) is 14.8 Å². The summed E-state index contributed by atoms with van der Waals surface area (Å²) < 4.78 is 14.1. The third-order valence-electron chi connectivity index (χ3n) is 1.94. The van der Waals surface area contributed by atoms with Crippen molar-refractivity contribution in [2.75, 3.05) is 5.73 Å². The molecule has 0 amide bonds. The van der Waals surface area contributed by atoms with Crippen molar-refractivity contribution >= 4 is 5.82 Å². The van der Waals surface area contributed by atoms with Crippen molar-refractivity contribution in [2.45, 2.75) is 0 Å². The molecule has 0 aliphatic carbocycles. The van der Waals surface area contributed by atoms with Gasteiger partial charge in [-0.3, -0.25) is 4.68 Å². The summed E-state index contributed by atoms with van der Waals surface area (Å²) in [7, 11) is 1.75. The molecule has 5 heteroatoms. The monoisotopic (exact) mass is 192 g/mol. The Morgan fingerprint density at radius 2 is 2.21 bits per heavy atom. The minimum atomic E-state index is -0.502. The molecule has 0 unspecified atom stereocenters. The number of anilines is 1. The Balaban J connectivity index is 2.44. The van der Waals surface area contributed by atoms with Crippen molar-refractivity contribution < 1.29 is 4.39 Å². The molecule has 2 aromatic heterocycles. The maximum Gasteiger partial charge on any atom is 0.212 e. The Hall–Kier alpha value is -1.91. The molecule has 2 aromatic rings. The highest BCUT2D eigenvalue weighted by molar-refractivity contribution is 5.60. The molecule has 0 spiro atoms. The molecule has 0 radical (unpaired) electrons. The summed E-state index contributed by atoms with van der Waals surface area (Å²) in [5, 5.41) is 4.14. The minimum Gasteiger partial charge on any atom is -0.384 e. The van der Waals surface area contributed by atoms with Crippen LogP contribution >= 0.6 is 0 Å². The summed E-state index contributed by atoms with van der Waals surface area (Å²) in [5.41, 5.74) is 7.05. The van der Waals surface area contributed by atoms with Crippen LogP contribution in [-0.4, -0.2) is 14.8 Å². The highest BCUT2D eigenvalue weighted by Crippen LogP contribution is 2.18. The average Bonchev–Trinajstić information content (AvgIpc) is 2.48. The zero-order chi connectivity index (χ0) is 10.1. The smallest absolute Gasteiger partial charge is 0.212 e. The van der Waals surface area contributed by atoms with Crippen molar-refractivity contribution in [3.05, 3.63) is 30.3 Å². The maximum atomic E-state index is 12.5. The van der Waals surface area contributed by atoms with E-state index in [0.29, 0.717) is 11.5 Å². The van der Waals surface area contributed by atoms with E-state index in [1.165, 1.54) is 12.3 Å². The maximum absolute atomic E-state index is 12.5. The van der Waals surface area contributed by atoms with Gasteiger partial charge in [-0.25, -0.2) is 4.98 Å². The van der Waals surface area contributed by atoms with E-state index in [2.05, 4.69) is 10.1 Å². The second kappa shape index (κ2) is 3.10. The fourth-order valence-electron chi connectivity index (χ4n) is 1.15. The van der Waals surface area contributed by atoms with Crippen molar-refractivity contribution in [1.29, 1.82) is 0 Å². The molecule has 14 heavy (non-hydrogen) atoms. The van der Waals surface area contributed by atoms with Gasteiger partial charge < -0.3 is 5.73 Å². The second-order valence-corrected chi connectivity index (χ2v) is 2.95. The van der Waals surface area contributed by atoms with Crippen LogP contribution in [0.15, 0.2) is 24.4 Å². The van der Waals surface area contributed by atoms with E-state index in [-0.39, 0.29) is 0 Å². The molecule has 2 N–H and O–H groups in total. The van der Waals surface area contributed by atoms with E-state index < -0.39 is 5.95 Å². The SMILES string of the molecule is Cn1nc(-c2ccc(F)nc2)cc1N. The Morgan fingerprint density at radius 3 is 2.71 bits per heavy atom. The van der Waals surface area contributed by atoms with Crippen LogP contribution in [0.25, 0.3) is 11.3 Å². The predicted molar refractivity (Wildman–Crippen MR) is 50.8 cm³/mol. The Kier molecular flexibility index (Phi) is 1.92. The molecule has 0 aliphatic rings. The van der Waals surface area contributed by atoms with E-state index in [1.54, 1.807) is 23.9 Å². The first-order valence-corrected chi connectivity index (χ1v) is 4.08. The molecule has 0 aliphatic heterocycles. The van der Waals surface area contributed by atoms with Gasteiger partial charge in [-0.05, 0) is 12.1 Å². The number of aromatic nitrogens is 3. The molecule has 4 nitrogen and oxygen atoms in total. The van der Waals surface area contributed by atoms with Gasteiger partial charge in [0.25, 0.3) is 0 Å². The lowest BCUT2D eigenvalue weighted by atomic mass is 10.2. The van der Waals surface area contributed by atoms with Crippen LogP contribution in [-0.2, 0) is 7.05 Å². The summed E-state index contributed by atoms with van der Waals surface area (Å²) in [4.78, 5) is 3.54. The number of hydrogen-bond donors (Lipinski definition) is 1. The lowest BCUT2D eigenvalue weighted by Crippen LogP contribution is -1.96. The minimum absolute atomic E-state index is 0.502. The summed E-state index contributed by atoms with van der Waals surface area (Å²) >= 11 is 0. The van der Waals surface area contributed by atoms with Crippen molar-refractivity contribution in [3.8, 4) is 11.3 Å². The number of nitrogens with zero attached hydrogens (tertiary/aromatic N) is 3. The molecular formula is C9H9FN4. The van der Waals surface area contributed by atoms with Crippen LogP contribution in [0.5, 0.6) is 0 Å². The summed E-state index contributed by atoms with van der Waals surface area (Å²) in [5.74, 6) is 0.0574. The highest BCUT2D eigenvalue weighted by atomic mass is 19.1. The van der Waals surface area contributed by atoms with Crippen LogP contribution in [0.4, 0.5) is 10.2 Å². The third kappa shape index (κ3) is 1.44. The Labute approximate surface area is 80.2 Å². The largest absolute Gasteiger partial charge is 0.384 e. The number of nitrogen functional groups attached to an aromatic ring is 1. The molecular weight excluding hydrogens is 183 g/mol. The van der Waals surface area contributed by atoms with Crippen molar-refractivity contribution in [3.63, 3.8) is 0 Å². The fourth-order valence-corrected chi connectivity index (χ4v) is 1.15. The molecule has 0 saturated carbocycles. The Morgan fingerprint density at radius 1 is 1.43 bits per heavy atom. The van der Waals surface area contributed by atoms with E-state index in [9.17, 15) is 4.39 Å². The zero-order valence-electron chi connectivity index (χ0n) is 7.61. The Bertz CT molecular complexity index is 427. The van der Waals surface area contributed by atoms with E-state index in [4.69, 9.17) is 5.73 Å².